The molecule has 0 atom stereocenters. The maximum absolute atomic E-state index is 12.4. The van der Waals surface area contributed by atoms with Gasteiger partial charge in [0.1, 0.15) is 0 Å². The second kappa shape index (κ2) is 7.57. The molecule has 6 heteroatoms. The molecule has 0 aliphatic carbocycles. The van der Waals surface area contributed by atoms with E-state index in [4.69, 9.17) is 4.74 Å². The summed E-state index contributed by atoms with van der Waals surface area (Å²) in [6.45, 7) is 9.34. The molecular formula is C18H22N2O3S. The molecule has 0 saturated carbocycles. The van der Waals surface area contributed by atoms with Crippen LogP contribution in [0.2, 0.25) is 0 Å². The van der Waals surface area contributed by atoms with Gasteiger partial charge in [0.15, 0.2) is 4.80 Å². The third-order valence-electron chi connectivity index (χ3n) is 3.78. The van der Waals surface area contributed by atoms with E-state index in [9.17, 15) is 9.59 Å². The monoisotopic (exact) mass is 346 g/mol. The van der Waals surface area contributed by atoms with E-state index in [1.54, 1.807) is 13.8 Å². The molecule has 1 heterocycles. The van der Waals surface area contributed by atoms with Crippen molar-refractivity contribution >= 4 is 28.9 Å². The summed E-state index contributed by atoms with van der Waals surface area (Å²) in [7, 11) is 0. The Hall–Kier alpha value is -2.21. The Morgan fingerprint density at radius 2 is 1.88 bits per heavy atom. The second-order valence-electron chi connectivity index (χ2n) is 5.49. The molecule has 0 bridgehead atoms. The summed E-state index contributed by atoms with van der Waals surface area (Å²) >= 11 is 1.34. The van der Waals surface area contributed by atoms with Gasteiger partial charge in [-0.1, -0.05) is 37.3 Å². The summed E-state index contributed by atoms with van der Waals surface area (Å²) in [5, 5.41) is 0. The van der Waals surface area contributed by atoms with Crippen LogP contribution in [-0.2, 0) is 4.79 Å². The number of carbonyl (C=O) groups is 2. The number of nitrogens with zero attached hydrogens (tertiary/aromatic N) is 2. The number of ether oxygens (including phenoxy) is 1. The fourth-order valence-corrected chi connectivity index (χ4v) is 3.09. The van der Waals surface area contributed by atoms with E-state index in [2.05, 4.69) is 4.99 Å². The third-order valence-corrected chi connectivity index (χ3v) is 4.72. The molecule has 2 rings (SSSR count). The number of hydrogen-bond acceptors (Lipinski definition) is 5. The van der Waals surface area contributed by atoms with Crippen molar-refractivity contribution in [3.8, 4) is 5.88 Å². The molecule has 0 amide bonds. The van der Waals surface area contributed by atoms with E-state index in [0.29, 0.717) is 11.2 Å². The molecule has 1 aromatic heterocycles. The summed E-state index contributed by atoms with van der Waals surface area (Å²) in [5.74, 6) is -0.239. The molecule has 5 nitrogen and oxygen atoms in total. The Kier molecular flexibility index (Phi) is 5.72. The van der Waals surface area contributed by atoms with Crippen molar-refractivity contribution in [1.29, 1.82) is 0 Å². The lowest BCUT2D eigenvalue weighted by atomic mass is 10.1. The van der Waals surface area contributed by atoms with E-state index in [0.717, 1.165) is 21.7 Å². The van der Waals surface area contributed by atoms with Gasteiger partial charge >= 0.3 is 5.97 Å². The van der Waals surface area contributed by atoms with Gasteiger partial charge in [-0.25, -0.2) is 9.56 Å². The molecule has 128 valence electrons. The van der Waals surface area contributed by atoms with Gasteiger partial charge in [-0.2, -0.15) is 0 Å². The summed E-state index contributed by atoms with van der Waals surface area (Å²) < 4.78 is 6.79. The maximum Gasteiger partial charge on any atom is 0.312 e. The van der Waals surface area contributed by atoms with Gasteiger partial charge < -0.3 is 4.74 Å². The van der Waals surface area contributed by atoms with Crippen LogP contribution >= 0.6 is 11.3 Å². The van der Waals surface area contributed by atoms with Gasteiger partial charge in [0.2, 0.25) is 11.8 Å². The number of benzene rings is 1. The summed E-state index contributed by atoms with van der Waals surface area (Å²) in [6.07, 6.45) is 0.548. The van der Waals surface area contributed by atoms with Crippen molar-refractivity contribution in [2.45, 2.75) is 47.5 Å². The Morgan fingerprint density at radius 3 is 2.50 bits per heavy atom. The average Bonchev–Trinajstić information content (AvgIpc) is 2.86. The molecule has 0 saturated heterocycles. The highest BCUT2D eigenvalue weighted by Crippen LogP contribution is 2.24. The molecule has 1 aromatic carbocycles. The highest BCUT2D eigenvalue weighted by Gasteiger charge is 2.19. The van der Waals surface area contributed by atoms with Crippen LogP contribution in [0, 0.1) is 20.8 Å². The van der Waals surface area contributed by atoms with Crippen molar-refractivity contribution in [3.63, 3.8) is 0 Å². The van der Waals surface area contributed by atoms with Crippen LogP contribution in [0.3, 0.4) is 0 Å². The smallest absolute Gasteiger partial charge is 0.312 e. The lowest BCUT2D eigenvalue weighted by Gasteiger charge is -2.08. The first-order valence-corrected chi connectivity index (χ1v) is 8.77. The lowest BCUT2D eigenvalue weighted by molar-refractivity contribution is -0.134. The van der Waals surface area contributed by atoms with Gasteiger partial charge in [-0.15, -0.1) is 0 Å². The number of esters is 1. The standard InChI is InChI=1S/C18H22N2O3S/c1-6-15(21)20-17(23-16(22)7-2)13(5)24-18(20)19-14-10-8-9-11(3)12(14)4/h8-10H,6-7H2,1-5H3. The average molecular weight is 346 g/mol. The predicted molar refractivity (Wildman–Crippen MR) is 95.0 cm³/mol. The molecule has 24 heavy (non-hydrogen) atoms. The quantitative estimate of drug-likeness (QED) is 0.784. The SMILES string of the molecule is CCC(=O)Oc1c(C)sc(=Nc2cccc(C)c2C)n1C(=O)CC. The van der Waals surface area contributed by atoms with Gasteiger partial charge in [0, 0.05) is 12.8 Å². The Bertz CT molecular complexity index is 846. The Labute approximate surface area is 145 Å². The van der Waals surface area contributed by atoms with Crippen molar-refractivity contribution in [1.82, 2.24) is 4.57 Å². The van der Waals surface area contributed by atoms with Crippen molar-refractivity contribution in [2.75, 3.05) is 0 Å². The van der Waals surface area contributed by atoms with Crippen molar-refractivity contribution in [2.24, 2.45) is 4.99 Å². The number of aromatic nitrogens is 1. The highest BCUT2D eigenvalue weighted by molar-refractivity contribution is 7.09. The normalized spacial score (nSPS) is 11.6. The topological polar surface area (TPSA) is 60.7 Å². The van der Waals surface area contributed by atoms with Gasteiger partial charge in [-0.05, 0) is 38.0 Å². The maximum atomic E-state index is 12.4. The molecule has 0 unspecified atom stereocenters. The summed E-state index contributed by atoms with van der Waals surface area (Å²) in [5.41, 5.74) is 3.00. The molecule has 0 spiro atoms. The van der Waals surface area contributed by atoms with Gasteiger partial charge in [0.25, 0.3) is 0 Å². The summed E-state index contributed by atoms with van der Waals surface area (Å²) in [6, 6.07) is 5.87. The Balaban J connectivity index is 2.68. The van der Waals surface area contributed by atoms with E-state index < -0.39 is 0 Å². The Morgan fingerprint density at radius 1 is 1.17 bits per heavy atom. The molecule has 0 aliphatic rings. The van der Waals surface area contributed by atoms with E-state index in [-0.39, 0.29) is 24.2 Å². The minimum atomic E-state index is -0.369. The third kappa shape index (κ3) is 3.64. The fourth-order valence-electron chi connectivity index (χ4n) is 2.18. The van der Waals surface area contributed by atoms with Gasteiger partial charge in [0.05, 0.1) is 10.6 Å². The van der Waals surface area contributed by atoms with E-state index in [1.165, 1.54) is 15.9 Å². The molecule has 0 aliphatic heterocycles. The first-order chi connectivity index (χ1) is 11.4. The molecule has 2 aromatic rings. The number of hydrogen-bond donors (Lipinski definition) is 0. The molecule has 0 radical (unpaired) electrons. The summed E-state index contributed by atoms with van der Waals surface area (Å²) in [4.78, 5) is 30.0. The minimum absolute atomic E-state index is 0.151. The van der Waals surface area contributed by atoms with Crippen LogP contribution in [0.1, 0.15) is 47.5 Å². The zero-order chi connectivity index (χ0) is 17.9. The van der Waals surface area contributed by atoms with Crippen LogP contribution in [0.15, 0.2) is 23.2 Å². The molecule has 0 fully saturated rings. The number of thiazole rings is 1. The number of aryl methyl sites for hydroxylation is 2. The molecular weight excluding hydrogens is 324 g/mol. The first-order valence-electron chi connectivity index (χ1n) is 7.96. The van der Waals surface area contributed by atoms with E-state index >= 15 is 0 Å². The van der Waals surface area contributed by atoms with E-state index in [1.807, 2.05) is 39.0 Å². The van der Waals surface area contributed by atoms with Crippen molar-refractivity contribution < 1.29 is 14.3 Å². The predicted octanol–water partition coefficient (Wildman–Crippen LogP) is 4.07. The first kappa shape index (κ1) is 18.1. The van der Waals surface area contributed by atoms with Crippen LogP contribution in [0.25, 0.3) is 0 Å². The number of carbonyl (C=O) groups excluding carboxylic acids is 2. The van der Waals surface area contributed by atoms with Crippen molar-refractivity contribution in [3.05, 3.63) is 39.0 Å². The second-order valence-corrected chi connectivity index (χ2v) is 6.67. The van der Waals surface area contributed by atoms with Crippen LogP contribution in [-0.4, -0.2) is 16.4 Å². The zero-order valence-electron chi connectivity index (χ0n) is 14.7. The van der Waals surface area contributed by atoms with Gasteiger partial charge in [-0.3, -0.25) is 9.59 Å². The highest BCUT2D eigenvalue weighted by atomic mass is 32.1. The fraction of sp³-hybridized carbons (Fsp3) is 0.389. The lowest BCUT2D eigenvalue weighted by Crippen LogP contribution is -2.24. The number of rotatable bonds is 4. The molecule has 0 N–H and O–H groups in total. The van der Waals surface area contributed by atoms with Crippen LogP contribution < -0.4 is 9.54 Å². The minimum Gasteiger partial charge on any atom is -0.408 e. The van der Waals surface area contributed by atoms with Crippen LogP contribution in [0.5, 0.6) is 5.88 Å². The zero-order valence-corrected chi connectivity index (χ0v) is 15.5. The largest absolute Gasteiger partial charge is 0.408 e. The van der Waals surface area contributed by atoms with Crippen LogP contribution in [0.4, 0.5) is 5.69 Å².